The Balaban J connectivity index is 2.15. The molecule has 4 nitrogen and oxygen atoms in total. The molecule has 1 aromatic heterocycles. The molecule has 0 aliphatic rings. The van der Waals surface area contributed by atoms with Gasteiger partial charge in [-0.1, -0.05) is 19.4 Å². The molecule has 106 valence electrons. The topological polar surface area (TPSA) is 54.0 Å². The molecule has 0 fully saturated rings. The van der Waals surface area contributed by atoms with Crippen LogP contribution in [0.15, 0.2) is 24.4 Å². The zero-order valence-corrected chi connectivity index (χ0v) is 12.0. The van der Waals surface area contributed by atoms with Crippen molar-refractivity contribution in [3.05, 3.63) is 30.1 Å². The molecule has 0 aromatic carbocycles. The summed E-state index contributed by atoms with van der Waals surface area (Å²) >= 11 is 0. The molecule has 1 atom stereocenters. The fraction of sp³-hybridized carbons (Fsp3) is 0.600. The Morgan fingerprint density at radius 2 is 2.05 bits per heavy atom. The van der Waals surface area contributed by atoms with E-state index in [2.05, 4.69) is 15.6 Å². The average Bonchev–Trinajstić information content (AvgIpc) is 2.43. The van der Waals surface area contributed by atoms with Crippen LogP contribution in [0, 0.1) is 5.92 Å². The quantitative estimate of drug-likeness (QED) is 0.668. The summed E-state index contributed by atoms with van der Waals surface area (Å²) < 4.78 is 0. The lowest BCUT2D eigenvalue weighted by atomic mass is 10.0. The van der Waals surface area contributed by atoms with Crippen LogP contribution >= 0.6 is 0 Å². The molecule has 0 saturated heterocycles. The number of amides is 1. The van der Waals surface area contributed by atoms with E-state index in [0.717, 1.165) is 38.0 Å². The molecule has 1 rings (SSSR count). The summed E-state index contributed by atoms with van der Waals surface area (Å²) in [4.78, 5) is 16.1. The molecule has 0 spiro atoms. The molecule has 0 bridgehead atoms. The van der Waals surface area contributed by atoms with Crippen molar-refractivity contribution < 1.29 is 4.79 Å². The van der Waals surface area contributed by atoms with Gasteiger partial charge in [-0.3, -0.25) is 9.78 Å². The van der Waals surface area contributed by atoms with Crippen molar-refractivity contribution in [1.29, 1.82) is 0 Å². The van der Waals surface area contributed by atoms with Crippen molar-refractivity contribution in [2.75, 3.05) is 20.1 Å². The number of hydrogen-bond acceptors (Lipinski definition) is 3. The van der Waals surface area contributed by atoms with Crippen LogP contribution in [0.4, 0.5) is 0 Å². The highest BCUT2D eigenvalue weighted by Crippen LogP contribution is 2.05. The van der Waals surface area contributed by atoms with Gasteiger partial charge >= 0.3 is 0 Å². The first-order valence-electron chi connectivity index (χ1n) is 7.06. The normalized spacial score (nSPS) is 12.1. The number of unbranched alkanes of at least 4 members (excludes halogenated alkanes) is 2. The maximum absolute atomic E-state index is 11.9. The summed E-state index contributed by atoms with van der Waals surface area (Å²) in [5.74, 6) is 0.103. The standard InChI is InChI=1S/C15H25N3O/c1-13(12-14-8-4-7-10-17-14)15(19)18-11-6-3-5-9-16-2/h4,7-8,10,13,16H,3,5-6,9,11-12H2,1-2H3,(H,18,19)/t13-/m1/s1. The largest absolute Gasteiger partial charge is 0.356 e. The predicted octanol–water partition coefficient (Wildman–Crippen LogP) is 1.77. The maximum Gasteiger partial charge on any atom is 0.223 e. The molecule has 0 saturated carbocycles. The van der Waals surface area contributed by atoms with E-state index in [0.29, 0.717) is 6.42 Å². The Hall–Kier alpha value is -1.42. The third-order valence-corrected chi connectivity index (χ3v) is 3.09. The minimum absolute atomic E-state index is 0.0211. The predicted molar refractivity (Wildman–Crippen MR) is 77.9 cm³/mol. The van der Waals surface area contributed by atoms with E-state index in [1.165, 1.54) is 0 Å². The highest BCUT2D eigenvalue weighted by Gasteiger charge is 2.13. The number of carbonyl (C=O) groups excluding carboxylic acids is 1. The zero-order valence-electron chi connectivity index (χ0n) is 12.0. The van der Waals surface area contributed by atoms with Gasteiger partial charge in [0.15, 0.2) is 0 Å². The Morgan fingerprint density at radius 1 is 1.26 bits per heavy atom. The number of hydrogen-bond donors (Lipinski definition) is 2. The fourth-order valence-corrected chi connectivity index (χ4v) is 1.91. The minimum Gasteiger partial charge on any atom is -0.356 e. The third kappa shape index (κ3) is 6.91. The highest BCUT2D eigenvalue weighted by molar-refractivity contribution is 5.78. The van der Waals surface area contributed by atoms with Crippen LogP contribution in [0.3, 0.4) is 0 Å². The lowest BCUT2D eigenvalue weighted by molar-refractivity contribution is -0.124. The Morgan fingerprint density at radius 3 is 2.74 bits per heavy atom. The van der Waals surface area contributed by atoms with Crippen molar-refractivity contribution >= 4 is 5.91 Å². The van der Waals surface area contributed by atoms with Crippen LogP contribution in [0.2, 0.25) is 0 Å². The third-order valence-electron chi connectivity index (χ3n) is 3.09. The fourth-order valence-electron chi connectivity index (χ4n) is 1.91. The number of aromatic nitrogens is 1. The van der Waals surface area contributed by atoms with Crippen LogP contribution in [0.5, 0.6) is 0 Å². The summed E-state index contributed by atoms with van der Waals surface area (Å²) in [7, 11) is 1.96. The van der Waals surface area contributed by atoms with Gasteiger partial charge in [-0.2, -0.15) is 0 Å². The first-order valence-corrected chi connectivity index (χ1v) is 7.06. The molecule has 1 amide bonds. The second-order valence-corrected chi connectivity index (χ2v) is 4.88. The summed E-state index contributed by atoms with van der Waals surface area (Å²) in [5, 5.41) is 6.11. The number of nitrogens with one attached hydrogen (secondary N) is 2. The van der Waals surface area contributed by atoms with E-state index in [-0.39, 0.29) is 11.8 Å². The molecular weight excluding hydrogens is 238 g/mol. The second kappa shape index (κ2) is 9.50. The maximum atomic E-state index is 11.9. The molecular formula is C15H25N3O. The lowest BCUT2D eigenvalue weighted by Gasteiger charge is -2.11. The first-order chi connectivity index (χ1) is 9.24. The zero-order chi connectivity index (χ0) is 13.9. The number of carbonyl (C=O) groups is 1. The molecule has 1 aromatic rings. The van der Waals surface area contributed by atoms with Crippen LogP contribution in [0.25, 0.3) is 0 Å². The molecule has 0 aliphatic heterocycles. The first kappa shape index (κ1) is 15.6. The van der Waals surface area contributed by atoms with Crippen molar-refractivity contribution in [3.63, 3.8) is 0 Å². The summed E-state index contributed by atoms with van der Waals surface area (Å²) in [5.41, 5.74) is 0.971. The molecule has 0 radical (unpaired) electrons. The Kier molecular flexibility index (Phi) is 7.82. The highest BCUT2D eigenvalue weighted by atomic mass is 16.1. The second-order valence-electron chi connectivity index (χ2n) is 4.88. The monoisotopic (exact) mass is 263 g/mol. The van der Waals surface area contributed by atoms with Crippen molar-refractivity contribution in [2.45, 2.75) is 32.6 Å². The molecule has 19 heavy (non-hydrogen) atoms. The lowest BCUT2D eigenvalue weighted by Crippen LogP contribution is -2.31. The molecule has 4 heteroatoms. The van der Waals surface area contributed by atoms with E-state index >= 15 is 0 Å². The Bertz CT molecular complexity index is 354. The van der Waals surface area contributed by atoms with Crippen LogP contribution in [-0.2, 0) is 11.2 Å². The smallest absolute Gasteiger partial charge is 0.223 e. The Labute approximate surface area is 116 Å². The van der Waals surface area contributed by atoms with Gasteiger partial charge in [-0.15, -0.1) is 0 Å². The van der Waals surface area contributed by atoms with E-state index in [1.54, 1.807) is 6.20 Å². The van der Waals surface area contributed by atoms with Gasteiger partial charge in [0.2, 0.25) is 5.91 Å². The number of rotatable bonds is 9. The van der Waals surface area contributed by atoms with E-state index in [1.807, 2.05) is 32.2 Å². The van der Waals surface area contributed by atoms with Crippen LogP contribution in [-0.4, -0.2) is 31.0 Å². The average molecular weight is 263 g/mol. The minimum atomic E-state index is -0.0211. The van der Waals surface area contributed by atoms with Gasteiger partial charge in [0, 0.05) is 30.8 Å². The molecule has 0 aliphatic carbocycles. The summed E-state index contributed by atoms with van der Waals surface area (Å²) in [6.45, 7) is 3.77. The number of nitrogens with zero attached hydrogens (tertiary/aromatic N) is 1. The van der Waals surface area contributed by atoms with Gasteiger partial charge in [-0.25, -0.2) is 0 Å². The number of pyridine rings is 1. The van der Waals surface area contributed by atoms with Crippen molar-refractivity contribution in [3.8, 4) is 0 Å². The molecule has 0 unspecified atom stereocenters. The molecule has 1 heterocycles. The van der Waals surface area contributed by atoms with Crippen LogP contribution in [0.1, 0.15) is 31.9 Å². The van der Waals surface area contributed by atoms with E-state index in [4.69, 9.17) is 0 Å². The SMILES string of the molecule is CNCCCCCNC(=O)[C@H](C)Cc1ccccn1. The van der Waals surface area contributed by atoms with Gasteiger partial charge < -0.3 is 10.6 Å². The van der Waals surface area contributed by atoms with E-state index in [9.17, 15) is 4.79 Å². The van der Waals surface area contributed by atoms with Crippen molar-refractivity contribution in [1.82, 2.24) is 15.6 Å². The van der Waals surface area contributed by atoms with E-state index < -0.39 is 0 Å². The summed E-state index contributed by atoms with van der Waals surface area (Å²) in [6, 6.07) is 5.80. The van der Waals surface area contributed by atoms with Gasteiger partial charge in [-0.05, 0) is 38.6 Å². The van der Waals surface area contributed by atoms with Gasteiger partial charge in [0.05, 0.1) is 0 Å². The van der Waals surface area contributed by atoms with Crippen LogP contribution < -0.4 is 10.6 Å². The molecule has 2 N–H and O–H groups in total. The van der Waals surface area contributed by atoms with Gasteiger partial charge in [0.25, 0.3) is 0 Å². The van der Waals surface area contributed by atoms with Gasteiger partial charge in [0.1, 0.15) is 0 Å². The summed E-state index contributed by atoms with van der Waals surface area (Å²) in [6.07, 6.45) is 5.82. The van der Waals surface area contributed by atoms with Crippen molar-refractivity contribution in [2.24, 2.45) is 5.92 Å².